The van der Waals surface area contributed by atoms with Gasteiger partial charge in [0.15, 0.2) is 0 Å². The number of hydrogen-bond acceptors (Lipinski definition) is 3. The molecule has 0 aromatic carbocycles. The Hall–Kier alpha value is 0.270. The van der Waals surface area contributed by atoms with Crippen molar-refractivity contribution in [2.75, 3.05) is 18.8 Å². The molecule has 3 heteroatoms. The highest BCUT2D eigenvalue weighted by molar-refractivity contribution is 8.00. The number of nitrogens with two attached hydrogens (primary N) is 1. The molecule has 2 nitrogen and oxygen atoms in total. The molecule has 1 heterocycles. The summed E-state index contributed by atoms with van der Waals surface area (Å²) in [4.78, 5) is 2.59. The van der Waals surface area contributed by atoms with Crippen LogP contribution in [0.2, 0.25) is 0 Å². The molecule has 0 aromatic rings. The van der Waals surface area contributed by atoms with E-state index in [9.17, 15) is 0 Å². The molecule has 0 amide bonds. The van der Waals surface area contributed by atoms with Crippen molar-refractivity contribution in [2.45, 2.75) is 50.9 Å². The van der Waals surface area contributed by atoms with Crippen molar-refractivity contribution in [1.29, 1.82) is 0 Å². The second-order valence-electron chi connectivity index (χ2n) is 4.31. The van der Waals surface area contributed by atoms with Crippen LogP contribution in [0.25, 0.3) is 0 Å². The second kappa shape index (κ2) is 5.99. The van der Waals surface area contributed by atoms with Gasteiger partial charge in [-0.3, -0.25) is 4.90 Å². The van der Waals surface area contributed by atoms with Crippen LogP contribution in [0.4, 0.5) is 0 Å². The molecule has 1 aliphatic rings. The van der Waals surface area contributed by atoms with E-state index >= 15 is 0 Å². The fourth-order valence-corrected chi connectivity index (χ4v) is 3.01. The number of thioether (sulfide) groups is 1. The minimum Gasteiger partial charge on any atom is -0.328 e. The maximum absolute atomic E-state index is 5.94. The van der Waals surface area contributed by atoms with E-state index in [1.165, 1.54) is 18.8 Å². The van der Waals surface area contributed by atoms with E-state index in [1.54, 1.807) is 0 Å². The average Bonchev–Trinajstić information content (AvgIpc) is 2.20. The topological polar surface area (TPSA) is 29.3 Å². The number of hydrogen-bond donors (Lipinski definition) is 1. The molecule has 1 fully saturated rings. The van der Waals surface area contributed by atoms with E-state index in [2.05, 4.69) is 37.4 Å². The maximum atomic E-state index is 5.94. The van der Waals surface area contributed by atoms with Crippen molar-refractivity contribution in [2.24, 2.45) is 5.73 Å². The Morgan fingerprint density at radius 2 is 2.21 bits per heavy atom. The molecule has 3 atom stereocenters. The minimum absolute atomic E-state index is 0.395. The Labute approximate surface area is 92.6 Å². The van der Waals surface area contributed by atoms with Gasteiger partial charge in [-0.25, -0.2) is 0 Å². The summed E-state index contributed by atoms with van der Waals surface area (Å²) in [7, 11) is 0. The summed E-state index contributed by atoms with van der Waals surface area (Å²) in [6, 6.07) is 1.12. The normalized spacial score (nSPS) is 31.7. The van der Waals surface area contributed by atoms with Crippen LogP contribution in [0.15, 0.2) is 0 Å². The predicted molar refractivity (Wildman–Crippen MR) is 65.8 cm³/mol. The van der Waals surface area contributed by atoms with Crippen LogP contribution >= 0.6 is 11.8 Å². The molecule has 0 saturated carbocycles. The third-order valence-corrected chi connectivity index (χ3v) is 4.66. The Morgan fingerprint density at radius 3 is 2.86 bits per heavy atom. The smallest absolute Gasteiger partial charge is 0.0184 e. The summed E-state index contributed by atoms with van der Waals surface area (Å²) < 4.78 is 0. The zero-order valence-corrected chi connectivity index (χ0v) is 10.5. The fraction of sp³-hybridized carbons (Fsp3) is 1.00. The van der Waals surface area contributed by atoms with E-state index in [-0.39, 0.29) is 0 Å². The van der Waals surface area contributed by atoms with Gasteiger partial charge in [0.25, 0.3) is 0 Å². The van der Waals surface area contributed by atoms with E-state index < -0.39 is 0 Å². The Kier molecular flexibility index (Phi) is 5.28. The number of nitrogens with zero attached hydrogens (tertiary/aromatic N) is 1. The molecule has 0 spiro atoms. The fourth-order valence-electron chi connectivity index (χ4n) is 1.85. The van der Waals surface area contributed by atoms with Crippen molar-refractivity contribution < 1.29 is 0 Å². The van der Waals surface area contributed by atoms with E-state index in [4.69, 9.17) is 5.73 Å². The van der Waals surface area contributed by atoms with Gasteiger partial charge in [0.05, 0.1) is 0 Å². The van der Waals surface area contributed by atoms with Gasteiger partial charge in [-0.05, 0) is 26.3 Å². The zero-order valence-electron chi connectivity index (χ0n) is 9.70. The highest BCUT2D eigenvalue weighted by Crippen LogP contribution is 2.24. The molecule has 84 valence electrons. The number of rotatable bonds is 4. The van der Waals surface area contributed by atoms with Gasteiger partial charge in [0, 0.05) is 29.6 Å². The Morgan fingerprint density at radius 1 is 1.50 bits per heavy atom. The quantitative estimate of drug-likeness (QED) is 0.779. The van der Waals surface area contributed by atoms with Crippen LogP contribution in [0.5, 0.6) is 0 Å². The molecule has 14 heavy (non-hydrogen) atoms. The molecule has 3 unspecified atom stereocenters. The Balaban J connectivity index is 2.28. The first kappa shape index (κ1) is 12.3. The zero-order chi connectivity index (χ0) is 10.6. The van der Waals surface area contributed by atoms with Gasteiger partial charge in [0.1, 0.15) is 0 Å². The van der Waals surface area contributed by atoms with Crippen LogP contribution < -0.4 is 5.73 Å². The third-order valence-electron chi connectivity index (χ3n) is 3.33. The molecular formula is C11H24N2S. The van der Waals surface area contributed by atoms with Crippen molar-refractivity contribution in [1.82, 2.24) is 4.90 Å². The molecular weight excluding hydrogens is 192 g/mol. The molecule has 1 saturated heterocycles. The second-order valence-corrected chi connectivity index (χ2v) is 5.79. The largest absolute Gasteiger partial charge is 0.328 e. The lowest BCUT2D eigenvalue weighted by molar-refractivity contribution is 0.205. The maximum Gasteiger partial charge on any atom is 0.0184 e. The molecule has 0 bridgehead atoms. The van der Waals surface area contributed by atoms with Gasteiger partial charge in [-0.1, -0.05) is 13.8 Å². The van der Waals surface area contributed by atoms with E-state index in [0.717, 1.165) is 24.1 Å². The molecule has 1 aliphatic heterocycles. The van der Waals surface area contributed by atoms with Crippen LogP contribution in [0.3, 0.4) is 0 Å². The monoisotopic (exact) mass is 216 g/mol. The predicted octanol–water partition coefficient (Wildman–Crippen LogP) is 1.94. The summed E-state index contributed by atoms with van der Waals surface area (Å²) in [5, 5.41) is 0.779. The molecule has 2 N–H and O–H groups in total. The van der Waals surface area contributed by atoms with Crippen molar-refractivity contribution in [3.05, 3.63) is 0 Å². The first-order valence-corrected chi connectivity index (χ1v) is 6.81. The lowest BCUT2D eigenvalue weighted by Gasteiger charge is -2.37. The van der Waals surface area contributed by atoms with Gasteiger partial charge < -0.3 is 5.73 Å². The van der Waals surface area contributed by atoms with Gasteiger partial charge in [0.2, 0.25) is 0 Å². The minimum atomic E-state index is 0.395. The first-order chi connectivity index (χ1) is 6.65. The summed E-state index contributed by atoms with van der Waals surface area (Å²) in [6.45, 7) is 9.27. The van der Waals surface area contributed by atoms with Gasteiger partial charge in [-0.2, -0.15) is 11.8 Å². The van der Waals surface area contributed by atoms with Crippen molar-refractivity contribution in [3.8, 4) is 0 Å². The Bertz CT molecular complexity index is 163. The summed E-state index contributed by atoms with van der Waals surface area (Å²) >= 11 is 2.10. The van der Waals surface area contributed by atoms with Crippen molar-refractivity contribution >= 4 is 11.8 Å². The average molecular weight is 216 g/mol. The summed E-state index contributed by atoms with van der Waals surface area (Å²) in [5.74, 6) is 1.28. The lowest BCUT2D eigenvalue weighted by atomic mass is 10.1. The highest BCUT2D eigenvalue weighted by atomic mass is 32.2. The van der Waals surface area contributed by atoms with Gasteiger partial charge >= 0.3 is 0 Å². The van der Waals surface area contributed by atoms with Crippen LogP contribution in [-0.4, -0.2) is 41.1 Å². The lowest BCUT2D eigenvalue weighted by Crippen LogP contribution is -2.46. The standard InChI is InChI=1S/C11H24N2S/c1-4-11(12)5-6-13-7-8-14-10(3)9(13)2/h9-11H,4-8,12H2,1-3H3. The van der Waals surface area contributed by atoms with Crippen LogP contribution in [0.1, 0.15) is 33.6 Å². The summed E-state index contributed by atoms with van der Waals surface area (Å²) in [6.07, 6.45) is 2.25. The molecule has 0 aromatic heterocycles. The van der Waals surface area contributed by atoms with Crippen LogP contribution in [-0.2, 0) is 0 Å². The molecule has 1 rings (SSSR count). The third kappa shape index (κ3) is 3.44. The summed E-state index contributed by atoms with van der Waals surface area (Å²) in [5.41, 5.74) is 5.94. The van der Waals surface area contributed by atoms with Gasteiger partial charge in [-0.15, -0.1) is 0 Å². The molecule has 0 aliphatic carbocycles. The van der Waals surface area contributed by atoms with E-state index in [1.807, 2.05) is 0 Å². The molecule has 0 radical (unpaired) electrons. The van der Waals surface area contributed by atoms with E-state index in [0.29, 0.717) is 6.04 Å². The SMILES string of the molecule is CCC(N)CCN1CCSC(C)C1C. The van der Waals surface area contributed by atoms with Crippen LogP contribution in [0, 0.1) is 0 Å². The highest BCUT2D eigenvalue weighted by Gasteiger charge is 2.24. The first-order valence-electron chi connectivity index (χ1n) is 5.76. The van der Waals surface area contributed by atoms with Crippen molar-refractivity contribution in [3.63, 3.8) is 0 Å².